The van der Waals surface area contributed by atoms with E-state index in [2.05, 4.69) is 16.0 Å². The van der Waals surface area contributed by atoms with Gasteiger partial charge in [-0.2, -0.15) is 0 Å². The van der Waals surface area contributed by atoms with E-state index in [-0.39, 0.29) is 32.4 Å². The first kappa shape index (κ1) is 65.1. The smallest absolute Gasteiger partial charge is 0.329 e. The Bertz CT molecular complexity index is 2380. The summed E-state index contributed by atoms with van der Waals surface area (Å²) in [5, 5.41) is 20.1. The molecule has 22 nitrogen and oxygen atoms in total. The van der Waals surface area contributed by atoms with E-state index >= 15 is 4.79 Å². The van der Waals surface area contributed by atoms with Crippen LogP contribution >= 0.6 is 0 Å². The lowest BCUT2D eigenvalue weighted by Crippen LogP contribution is -2.63. The van der Waals surface area contributed by atoms with E-state index in [1.807, 2.05) is 6.92 Å². The zero-order valence-electron chi connectivity index (χ0n) is 48.7. The molecule has 440 valence electrons. The van der Waals surface area contributed by atoms with E-state index in [9.17, 15) is 53.1 Å². The van der Waals surface area contributed by atoms with Gasteiger partial charge in [-0.05, 0) is 80.9 Å². The van der Waals surface area contributed by atoms with Gasteiger partial charge in [-0.3, -0.25) is 47.9 Å². The molecule has 22 heteroatoms. The molecule has 4 N–H and O–H groups in total. The first-order chi connectivity index (χ1) is 37.1. The van der Waals surface area contributed by atoms with Gasteiger partial charge in [0.05, 0.1) is 31.6 Å². The maximum absolute atomic E-state index is 15.0. The number of aliphatic hydroxyl groups is 1. The SMILES string of the molecule is CCC(C)C1NC(=O)C(C)C(=O)C(C(C)C)OC(=O)CC(O)[C@@H](C(C)CC)NC(=O)[C@@H](NC(=O)[C@@H](C(C)CC)N(C)C(=O)C2CCCN2C(=O)C(C)=O)C(C)OC(=O)C(Cc2ccc(OC)cc2)N(C)C(=O)C2CCCN2C1=O. The second-order valence-corrected chi connectivity index (χ2v) is 22.2. The minimum absolute atomic E-state index is 0.129. The summed E-state index contributed by atoms with van der Waals surface area (Å²) in [6, 6.07) is -2.35. The van der Waals surface area contributed by atoms with E-state index < -0.39 is 161 Å². The van der Waals surface area contributed by atoms with Crippen molar-refractivity contribution in [2.75, 3.05) is 34.3 Å². The molecule has 1 aromatic carbocycles. The van der Waals surface area contributed by atoms with Crippen LogP contribution in [0.5, 0.6) is 5.75 Å². The number of hydrogen-bond donors (Lipinski definition) is 4. The molecule has 0 aromatic heterocycles. The molecular weight excluding hydrogens is 1020 g/mol. The molecule has 0 radical (unpaired) electrons. The highest BCUT2D eigenvalue weighted by Crippen LogP contribution is 2.28. The Morgan fingerprint density at radius 2 is 1.46 bits per heavy atom. The van der Waals surface area contributed by atoms with Crippen molar-refractivity contribution in [3.05, 3.63) is 29.8 Å². The predicted octanol–water partition coefficient (Wildman–Crippen LogP) is 2.52. The fourth-order valence-electron chi connectivity index (χ4n) is 10.5. The van der Waals surface area contributed by atoms with Gasteiger partial charge in [0.25, 0.3) is 5.91 Å². The van der Waals surface area contributed by atoms with Gasteiger partial charge in [0, 0.05) is 40.5 Å². The Kier molecular flexibility index (Phi) is 24.0. The van der Waals surface area contributed by atoms with Crippen molar-refractivity contribution in [2.24, 2.45) is 29.6 Å². The number of nitrogens with one attached hydrogen (secondary N) is 3. The number of carbonyl (C=O) groups excluding carboxylic acids is 11. The van der Waals surface area contributed by atoms with Crippen LogP contribution < -0.4 is 20.7 Å². The lowest BCUT2D eigenvalue weighted by molar-refractivity contribution is -0.163. The number of ether oxygens (including phenoxy) is 3. The van der Waals surface area contributed by atoms with E-state index in [4.69, 9.17) is 14.2 Å². The molecule has 11 unspecified atom stereocenters. The maximum atomic E-state index is 15.0. The third kappa shape index (κ3) is 15.9. The van der Waals surface area contributed by atoms with Gasteiger partial charge >= 0.3 is 11.9 Å². The number of hydrogen-bond acceptors (Lipinski definition) is 15. The number of nitrogens with zero attached hydrogens (tertiary/aromatic N) is 4. The number of cyclic esters (lactones) is 2. The summed E-state index contributed by atoms with van der Waals surface area (Å²) in [5.41, 5.74) is 0.566. The van der Waals surface area contributed by atoms with E-state index in [0.29, 0.717) is 43.4 Å². The number of rotatable bonds is 15. The summed E-state index contributed by atoms with van der Waals surface area (Å²) in [6.07, 6.45) is -3.20. The number of methoxy groups -OCH3 is 1. The summed E-state index contributed by atoms with van der Waals surface area (Å²) in [7, 11) is 4.27. The van der Waals surface area contributed by atoms with Crippen molar-refractivity contribution in [3.63, 3.8) is 0 Å². The van der Waals surface area contributed by atoms with Crippen LogP contribution in [0.4, 0.5) is 0 Å². The van der Waals surface area contributed by atoms with Gasteiger partial charge in [-0.15, -0.1) is 0 Å². The van der Waals surface area contributed by atoms with Crippen LogP contribution in [0, 0.1) is 29.6 Å². The number of likely N-dealkylation sites (tertiary alicyclic amines) is 1. The van der Waals surface area contributed by atoms with Gasteiger partial charge in [0.15, 0.2) is 11.9 Å². The zero-order chi connectivity index (χ0) is 59.3. The van der Waals surface area contributed by atoms with Crippen molar-refractivity contribution in [2.45, 2.75) is 195 Å². The van der Waals surface area contributed by atoms with Crippen LogP contribution in [-0.4, -0.2) is 184 Å². The van der Waals surface area contributed by atoms with Crippen LogP contribution in [-0.2, 0) is 68.6 Å². The summed E-state index contributed by atoms with van der Waals surface area (Å²) in [4.78, 5) is 161. The molecular formula is C57H87N7O15. The van der Waals surface area contributed by atoms with Gasteiger partial charge in [0.1, 0.15) is 48.1 Å². The summed E-state index contributed by atoms with van der Waals surface area (Å²) in [5.74, 6) is -12.0. The molecule has 3 aliphatic heterocycles. The molecule has 79 heavy (non-hydrogen) atoms. The molecule has 0 saturated carbocycles. The number of likely N-dealkylation sites (N-methyl/N-ethyl adjacent to an activating group) is 2. The molecule has 1 aromatic rings. The number of fused-ring (bicyclic) bond motifs is 1. The second kappa shape index (κ2) is 29.1. The van der Waals surface area contributed by atoms with Crippen LogP contribution in [0.25, 0.3) is 0 Å². The average Bonchev–Trinajstić information content (AvgIpc) is 4.18. The zero-order valence-corrected chi connectivity index (χ0v) is 48.7. The first-order valence-corrected chi connectivity index (χ1v) is 28.0. The Morgan fingerprint density at radius 1 is 0.835 bits per heavy atom. The van der Waals surface area contributed by atoms with E-state index in [1.165, 1.54) is 54.7 Å². The molecule has 3 heterocycles. The molecule has 0 bridgehead atoms. The predicted molar refractivity (Wildman–Crippen MR) is 289 cm³/mol. The lowest BCUT2D eigenvalue weighted by atomic mass is 9.91. The standard InChI is InChI=1S/C57H87N7O15/c1-15-31(6)44-42(66)29-43(67)79-49(30(4)5)48(68)34(9)50(69)59-45(32(7)16-2)56(75)64-27-19-20-39(64)54(73)61(12)41(28-37-22-24-38(77-14)25-23-37)57(76)78-36(11)46(51(70)58-44)60-52(71)47(33(8)17-3)62(13)55(74)40-21-18-26-63(40)53(72)35(10)65/h22-25,30-34,36,39-42,44-47,49,66H,15-21,26-29H2,1-14H3,(H,58,70)(H,59,69)(H,60,71)/t31?,32?,33?,34?,36?,39?,40?,41?,42?,44-,45?,46+,47-,49?/m1/s1. The molecule has 3 aliphatic rings. The van der Waals surface area contributed by atoms with Crippen LogP contribution in [0.15, 0.2) is 24.3 Å². The van der Waals surface area contributed by atoms with Crippen LogP contribution in [0.1, 0.15) is 133 Å². The second-order valence-electron chi connectivity index (χ2n) is 22.2. The largest absolute Gasteiger partial charge is 0.497 e. The number of amides is 7. The molecule has 3 saturated heterocycles. The maximum Gasteiger partial charge on any atom is 0.329 e. The fourth-order valence-corrected chi connectivity index (χ4v) is 10.5. The number of aliphatic hydroxyl groups excluding tert-OH is 1. The van der Waals surface area contributed by atoms with Crippen molar-refractivity contribution in [1.29, 1.82) is 0 Å². The lowest BCUT2D eigenvalue weighted by Gasteiger charge is -2.37. The Labute approximate surface area is 465 Å². The molecule has 3 fully saturated rings. The van der Waals surface area contributed by atoms with Gasteiger partial charge in [0.2, 0.25) is 41.2 Å². The van der Waals surface area contributed by atoms with Crippen molar-refractivity contribution in [1.82, 2.24) is 35.6 Å². The van der Waals surface area contributed by atoms with E-state index in [1.54, 1.807) is 72.7 Å². The Balaban J connectivity index is 1.90. The Morgan fingerprint density at radius 3 is 2.03 bits per heavy atom. The third-order valence-corrected chi connectivity index (χ3v) is 16.3. The normalized spacial score (nSPS) is 27.9. The summed E-state index contributed by atoms with van der Waals surface area (Å²) in [6.45, 7) is 17.9. The molecule has 0 spiro atoms. The fraction of sp³-hybridized carbons (Fsp3) is 0.702. The highest BCUT2D eigenvalue weighted by Gasteiger charge is 2.47. The molecule has 14 atom stereocenters. The minimum atomic E-state index is -1.78. The minimum Gasteiger partial charge on any atom is -0.497 e. The molecule has 7 amide bonds. The van der Waals surface area contributed by atoms with Crippen molar-refractivity contribution in [3.8, 4) is 5.75 Å². The summed E-state index contributed by atoms with van der Waals surface area (Å²) < 4.78 is 17.2. The molecule has 0 aliphatic carbocycles. The van der Waals surface area contributed by atoms with E-state index in [0.717, 1.165) is 6.92 Å². The summed E-state index contributed by atoms with van der Waals surface area (Å²) >= 11 is 0. The van der Waals surface area contributed by atoms with Crippen LogP contribution in [0.3, 0.4) is 0 Å². The number of ketones is 2. The Hall–Kier alpha value is -6.45. The topological polar surface area (TPSA) is 285 Å². The quantitative estimate of drug-likeness (QED) is 0.112. The highest BCUT2D eigenvalue weighted by molar-refractivity contribution is 6.35. The average molecular weight is 1110 g/mol. The highest BCUT2D eigenvalue weighted by atomic mass is 16.6. The number of carbonyl (C=O) groups is 11. The van der Waals surface area contributed by atoms with Gasteiger partial charge < -0.3 is 54.9 Å². The van der Waals surface area contributed by atoms with Gasteiger partial charge in [-0.25, -0.2) is 4.79 Å². The number of esters is 2. The first-order valence-electron chi connectivity index (χ1n) is 28.0. The van der Waals surface area contributed by atoms with Gasteiger partial charge in [-0.1, -0.05) is 86.8 Å². The molecule has 4 rings (SSSR count). The third-order valence-electron chi connectivity index (χ3n) is 16.3. The van der Waals surface area contributed by atoms with Crippen LogP contribution in [0.2, 0.25) is 0 Å². The number of benzene rings is 1. The number of Topliss-reactive ketones (excluding diaryl/α,β-unsaturated/α-hetero) is 2. The van der Waals surface area contributed by atoms with Crippen molar-refractivity contribution < 1.29 is 72.1 Å². The monoisotopic (exact) mass is 1110 g/mol. The van der Waals surface area contributed by atoms with Crippen molar-refractivity contribution >= 4 is 64.9 Å².